The van der Waals surface area contributed by atoms with Crippen LogP contribution in [-0.4, -0.2) is 26.0 Å². The summed E-state index contributed by atoms with van der Waals surface area (Å²) in [6.07, 6.45) is 2.98. The van der Waals surface area contributed by atoms with Crippen LogP contribution in [0.2, 0.25) is 0 Å². The standard InChI is InChI=1S/C16H17NO4S2/c18-15(19)12-9-14(22-10-12)23(20,21)17-11-16(7-4-8-16)13-5-2-1-3-6-13/h1-3,5-6,9-10,17H,4,7-8,11H2,(H,18,19). The molecular weight excluding hydrogens is 334 g/mol. The number of sulfonamides is 1. The van der Waals surface area contributed by atoms with Crippen molar-refractivity contribution in [2.75, 3.05) is 6.54 Å². The molecular formula is C16H17NO4S2. The zero-order chi connectivity index (χ0) is 16.5. The molecule has 3 rings (SSSR count). The van der Waals surface area contributed by atoms with E-state index >= 15 is 0 Å². The van der Waals surface area contributed by atoms with Crippen molar-refractivity contribution in [3.8, 4) is 0 Å². The summed E-state index contributed by atoms with van der Waals surface area (Å²) in [5.41, 5.74) is 0.990. The van der Waals surface area contributed by atoms with Gasteiger partial charge in [-0.3, -0.25) is 0 Å². The van der Waals surface area contributed by atoms with Gasteiger partial charge < -0.3 is 5.11 Å². The molecule has 1 aliphatic rings. The summed E-state index contributed by atoms with van der Waals surface area (Å²) in [4.78, 5) is 10.9. The number of hydrogen-bond acceptors (Lipinski definition) is 4. The first-order valence-electron chi connectivity index (χ1n) is 7.30. The van der Waals surface area contributed by atoms with E-state index in [1.807, 2.05) is 30.3 Å². The molecule has 1 saturated carbocycles. The number of hydrogen-bond donors (Lipinski definition) is 2. The van der Waals surface area contributed by atoms with E-state index in [0.29, 0.717) is 6.54 Å². The summed E-state index contributed by atoms with van der Waals surface area (Å²) in [6, 6.07) is 11.1. The van der Waals surface area contributed by atoms with Crippen molar-refractivity contribution in [2.45, 2.75) is 28.9 Å². The number of nitrogens with one attached hydrogen (secondary N) is 1. The van der Waals surface area contributed by atoms with Gasteiger partial charge in [0.2, 0.25) is 10.0 Å². The highest BCUT2D eigenvalue weighted by molar-refractivity contribution is 7.91. The lowest BCUT2D eigenvalue weighted by atomic mass is 9.64. The Morgan fingerprint density at radius 2 is 1.96 bits per heavy atom. The first-order valence-corrected chi connectivity index (χ1v) is 9.66. The Bertz CT molecular complexity index is 808. The minimum Gasteiger partial charge on any atom is -0.478 e. The van der Waals surface area contributed by atoms with Crippen LogP contribution in [0.1, 0.15) is 35.2 Å². The fourth-order valence-corrected chi connectivity index (χ4v) is 5.16. The highest BCUT2D eigenvalue weighted by Crippen LogP contribution is 2.43. The molecule has 0 radical (unpaired) electrons. The van der Waals surface area contributed by atoms with E-state index in [4.69, 9.17) is 5.11 Å². The maximum absolute atomic E-state index is 12.4. The lowest BCUT2D eigenvalue weighted by molar-refractivity contribution is 0.0697. The third kappa shape index (κ3) is 3.17. The average molecular weight is 351 g/mol. The van der Waals surface area contributed by atoms with Crippen molar-refractivity contribution in [1.82, 2.24) is 4.72 Å². The molecule has 0 amide bonds. The van der Waals surface area contributed by atoms with Crippen LogP contribution in [0.3, 0.4) is 0 Å². The second kappa shape index (κ2) is 6.07. The molecule has 0 saturated heterocycles. The molecule has 5 nitrogen and oxygen atoms in total. The highest BCUT2D eigenvalue weighted by Gasteiger charge is 2.39. The van der Waals surface area contributed by atoms with Gasteiger partial charge in [0, 0.05) is 17.3 Å². The average Bonchev–Trinajstić information content (AvgIpc) is 2.98. The quantitative estimate of drug-likeness (QED) is 0.838. The summed E-state index contributed by atoms with van der Waals surface area (Å²) in [7, 11) is -3.69. The maximum Gasteiger partial charge on any atom is 0.336 e. The molecule has 122 valence electrons. The van der Waals surface area contributed by atoms with Crippen LogP contribution in [-0.2, 0) is 15.4 Å². The summed E-state index contributed by atoms with van der Waals surface area (Å²) in [6.45, 7) is 0.333. The van der Waals surface area contributed by atoms with E-state index < -0.39 is 16.0 Å². The summed E-state index contributed by atoms with van der Waals surface area (Å²) in [5, 5.41) is 10.3. The maximum atomic E-state index is 12.4. The molecule has 2 aromatic rings. The Balaban J connectivity index is 1.77. The normalized spacial score (nSPS) is 16.7. The number of thiophene rings is 1. The first kappa shape index (κ1) is 16.2. The minimum absolute atomic E-state index is 0.00297. The van der Waals surface area contributed by atoms with Gasteiger partial charge in [-0.15, -0.1) is 11.3 Å². The Hall–Kier alpha value is -1.70. The van der Waals surface area contributed by atoms with Gasteiger partial charge in [0.05, 0.1) is 5.56 Å². The smallest absolute Gasteiger partial charge is 0.336 e. The van der Waals surface area contributed by atoms with E-state index in [1.165, 1.54) is 11.4 Å². The summed E-state index contributed by atoms with van der Waals surface area (Å²) >= 11 is 0.926. The van der Waals surface area contributed by atoms with E-state index in [9.17, 15) is 13.2 Å². The third-order valence-electron chi connectivity index (χ3n) is 4.38. The second-order valence-corrected chi connectivity index (χ2v) is 8.69. The number of carboxylic acid groups (broad SMARTS) is 1. The molecule has 0 aliphatic heterocycles. The Morgan fingerprint density at radius 3 is 2.48 bits per heavy atom. The number of rotatable bonds is 6. The van der Waals surface area contributed by atoms with Crippen molar-refractivity contribution in [1.29, 1.82) is 0 Å². The predicted octanol–water partition coefficient (Wildman–Crippen LogP) is 2.85. The number of carbonyl (C=O) groups is 1. The summed E-state index contributed by atoms with van der Waals surface area (Å²) < 4.78 is 27.5. The molecule has 1 aromatic heterocycles. The molecule has 1 heterocycles. The topological polar surface area (TPSA) is 83.5 Å². The van der Waals surface area contributed by atoms with Gasteiger partial charge in [-0.1, -0.05) is 36.8 Å². The largest absolute Gasteiger partial charge is 0.478 e. The monoisotopic (exact) mass is 351 g/mol. The lowest BCUT2D eigenvalue weighted by Gasteiger charge is -2.42. The van der Waals surface area contributed by atoms with Crippen LogP contribution in [0, 0.1) is 0 Å². The van der Waals surface area contributed by atoms with Crippen LogP contribution in [0.5, 0.6) is 0 Å². The van der Waals surface area contributed by atoms with Crippen LogP contribution in [0.15, 0.2) is 46.0 Å². The highest BCUT2D eigenvalue weighted by atomic mass is 32.2. The zero-order valence-electron chi connectivity index (χ0n) is 12.4. The number of benzene rings is 1. The molecule has 7 heteroatoms. The van der Waals surface area contributed by atoms with Gasteiger partial charge in [-0.05, 0) is 24.5 Å². The van der Waals surface area contributed by atoms with Gasteiger partial charge in [0.15, 0.2) is 0 Å². The number of aromatic carboxylic acids is 1. The Labute approximate surface area is 139 Å². The van der Waals surface area contributed by atoms with Gasteiger partial charge in [0.25, 0.3) is 0 Å². The third-order valence-corrected chi connectivity index (χ3v) is 7.23. The molecule has 1 aromatic carbocycles. The molecule has 1 fully saturated rings. The Kier molecular flexibility index (Phi) is 4.27. The van der Waals surface area contributed by atoms with Crippen molar-refractivity contribution in [3.05, 3.63) is 52.9 Å². The fourth-order valence-electron chi connectivity index (χ4n) is 2.84. The molecule has 0 unspecified atom stereocenters. The van der Waals surface area contributed by atoms with Gasteiger partial charge in [-0.25, -0.2) is 17.9 Å². The van der Waals surface area contributed by atoms with E-state index in [1.54, 1.807) is 0 Å². The van der Waals surface area contributed by atoms with E-state index in [0.717, 1.165) is 36.2 Å². The molecule has 23 heavy (non-hydrogen) atoms. The fraction of sp³-hybridized carbons (Fsp3) is 0.312. The number of carboxylic acids is 1. The van der Waals surface area contributed by atoms with Gasteiger partial charge in [-0.2, -0.15) is 0 Å². The summed E-state index contributed by atoms with van der Waals surface area (Å²) in [5.74, 6) is -1.12. The first-order chi connectivity index (χ1) is 10.9. The van der Waals surface area contributed by atoms with Gasteiger partial charge >= 0.3 is 5.97 Å². The molecule has 2 N–H and O–H groups in total. The predicted molar refractivity (Wildman–Crippen MR) is 88.4 cm³/mol. The van der Waals surface area contributed by atoms with E-state index in [2.05, 4.69) is 4.72 Å². The minimum atomic E-state index is -3.69. The van der Waals surface area contributed by atoms with Crippen LogP contribution < -0.4 is 4.72 Å². The van der Waals surface area contributed by atoms with Crippen LogP contribution in [0.4, 0.5) is 0 Å². The van der Waals surface area contributed by atoms with Crippen LogP contribution in [0.25, 0.3) is 0 Å². The SMILES string of the molecule is O=C(O)c1csc(S(=O)(=O)NCC2(c3ccccc3)CCC2)c1. The molecule has 0 bridgehead atoms. The van der Waals surface area contributed by atoms with E-state index in [-0.39, 0.29) is 15.2 Å². The van der Waals surface area contributed by atoms with Crippen molar-refractivity contribution >= 4 is 27.3 Å². The van der Waals surface area contributed by atoms with Gasteiger partial charge in [0.1, 0.15) is 4.21 Å². The molecule has 1 aliphatic carbocycles. The van der Waals surface area contributed by atoms with Crippen molar-refractivity contribution < 1.29 is 18.3 Å². The van der Waals surface area contributed by atoms with Crippen LogP contribution >= 0.6 is 11.3 Å². The van der Waals surface area contributed by atoms with Crippen molar-refractivity contribution in [3.63, 3.8) is 0 Å². The lowest BCUT2D eigenvalue weighted by Crippen LogP contribution is -2.45. The zero-order valence-corrected chi connectivity index (χ0v) is 14.0. The molecule has 0 spiro atoms. The Morgan fingerprint density at radius 1 is 1.26 bits per heavy atom. The van der Waals surface area contributed by atoms with Crippen molar-refractivity contribution in [2.24, 2.45) is 0 Å². The molecule has 0 atom stereocenters. The second-order valence-electron chi connectivity index (χ2n) is 5.78.